The van der Waals surface area contributed by atoms with Gasteiger partial charge in [-0.25, -0.2) is 0 Å². The fourth-order valence-corrected chi connectivity index (χ4v) is 3.08. The lowest BCUT2D eigenvalue weighted by Gasteiger charge is -2.17. The normalized spacial score (nSPS) is 20.0. The molecular weight excluding hydrogens is 300 g/mol. The van der Waals surface area contributed by atoms with E-state index in [0.29, 0.717) is 25.3 Å². The van der Waals surface area contributed by atoms with Crippen LogP contribution in [0.2, 0.25) is 0 Å². The van der Waals surface area contributed by atoms with Gasteiger partial charge in [0.15, 0.2) is 0 Å². The quantitative estimate of drug-likeness (QED) is 0.861. The molecule has 0 spiro atoms. The Bertz CT molecular complexity index is 697. The van der Waals surface area contributed by atoms with Crippen molar-refractivity contribution in [3.63, 3.8) is 0 Å². The number of hydrogen-bond acceptors (Lipinski definition) is 3. The van der Waals surface area contributed by atoms with Gasteiger partial charge in [-0.05, 0) is 29.8 Å². The molecule has 2 atom stereocenters. The summed E-state index contributed by atoms with van der Waals surface area (Å²) in [6.07, 6.45) is 1.69. The second kappa shape index (κ2) is 7.32. The summed E-state index contributed by atoms with van der Waals surface area (Å²) in [4.78, 5) is 14.5. The van der Waals surface area contributed by atoms with Crippen LogP contribution in [-0.2, 0) is 0 Å². The van der Waals surface area contributed by atoms with E-state index < -0.39 is 0 Å². The number of amides is 1. The average molecular weight is 322 g/mol. The van der Waals surface area contributed by atoms with Gasteiger partial charge in [-0.3, -0.25) is 4.79 Å². The van der Waals surface area contributed by atoms with E-state index in [1.165, 1.54) is 5.56 Å². The van der Waals surface area contributed by atoms with Crippen LogP contribution >= 0.6 is 0 Å². The Kier molecular flexibility index (Phi) is 4.96. The van der Waals surface area contributed by atoms with Crippen LogP contribution < -0.4 is 10.5 Å². The highest BCUT2D eigenvalue weighted by Gasteiger charge is 2.34. The minimum Gasteiger partial charge on any atom is -0.490 e. The van der Waals surface area contributed by atoms with Crippen LogP contribution in [0.3, 0.4) is 0 Å². The van der Waals surface area contributed by atoms with Gasteiger partial charge in [0, 0.05) is 30.6 Å². The van der Waals surface area contributed by atoms with Gasteiger partial charge in [-0.1, -0.05) is 43.0 Å². The van der Waals surface area contributed by atoms with Crippen molar-refractivity contribution >= 4 is 5.91 Å². The van der Waals surface area contributed by atoms with Crippen molar-refractivity contribution in [3.05, 3.63) is 78.4 Å². The van der Waals surface area contributed by atoms with E-state index in [4.69, 9.17) is 10.5 Å². The van der Waals surface area contributed by atoms with E-state index >= 15 is 0 Å². The first-order chi connectivity index (χ1) is 11.7. The summed E-state index contributed by atoms with van der Waals surface area (Å²) in [7, 11) is 0. The molecule has 1 aliphatic heterocycles. The van der Waals surface area contributed by atoms with Crippen molar-refractivity contribution in [1.82, 2.24) is 4.90 Å². The summed E-state index contributed by atoms with van der Waals surface area (Å²) < 4.78 is 5.44. The van der Waals surface area contributed by atoms with Crippen LogP contribution in [0.15, 0.2) is 67.3 Å². The van der Waals surface area contributed by atoms with Crippen LogP contribution in [0.5, 0.6) is 5.75 Å². The minimum atomic E-state index is -0.0356. The first kappa shape index (κ1) is 16.3. The van der Waals surface area contributed by atoms with Crippen molar-refractivity contribution in [1.29, 1.82) is 0 Å². The lowest BCUT2D eigenvalue weighted by Crippen LogP contribution is -2.32. The topological polar surface area (TPSA) is 55.6 Å². The molecule has 1 aliphatic rings. The SMILES string of the molecule is C=CCOc1ccc(C(=O)N2C[C@@H](N)[C@H](c3ccccc3)C2)cc1. The molecule has 0 aromatic heterocycles. The van der Waals surface area contributed by atoms with Crippen molar-refractivity contribution in [2.24, 2.45) is 5.73 Å². The average Bonchev–Trinajstić information content (AvgIpc) is 3.02. The Hall–Kier alpha value is -2.59. The molecule has 4 nitrogen and oxygen atoms in total. The van der Waals surface area contributed by atoms with Crippen LogP contribution in [0.4, 0.5) is 0 Å². The number of nitrogens with two attached hydrogens (primary N) is 1. The zero-order valence-corrected chi connectivity index (χ0v) is 13.6. The summed E-state index contributed by atoms with van der Waals surface area (Å²) in [6, 6.07) is 17.3. The Morgan fingerprint density at radius 2 is 1.88 bits per heavy atom. The third-order valence-electron chi connectivity index (χ3n) is 4.35. The van der Waals surface area contributed by atoms with Gasteiger partial charge in [-0.2, -0.15) is 0 Å². The predicted molar refractivity (Wildman–Crippen MR) is 95.2 cm³/mol. The smallest absolute Gasteiger partial charge is 0.253 e. The zero-order chi connectivity index (χ0) is 16.9. The highest BCUT2D eigenvalue weighted by atomic mass is 16.5. The standard InChI is InChI=1S/C20H22N2O2/c1-2-12-24-17-10-8-16(9-11-17)20(23)22-13-18(19(21)14-22)15-6-4-3-5-7-15/h2-11,18-19H,1,12-14,21H2/t18-,19+/m0/s1. The lowest BCUT2D eigenvalue weighted by molar-refractivity contribution is 0.0789. The molecule has 4 heteroatoms. The van der Waals surface area contributed by atoms with Gasteiger partial charge >= 0.3 is 0 Å². The summed E-state index contributed by atoms with van der Waals surface area (Å²) in [5, 5.41) is 0. The molecule has 0 saturated carbocycles. The van der Waals surface area contributed by atoms with Crippen molar-refractivity contribution in [2.75, 3.05) is 19.7 Å². The van der Waals surface area contributed by atoms with Crippen molar-refractivity contribution < 1.29 is 9.53 Å². The van der Waals surface area contributed by atoms with E-state index in [9.17, 15) is 4.79 Å². The van der Waals surface area contributed by atoms with Crippen molar-refractivity contribution in [3.8, 4) is 5.75 Å². The fraction of sp³-hybridized carbons (Fsp3) is 0.250. The molecule has 3 rings (SSSR count). The molecule has 0 aliphatic carbocycles. The number of hydrogen-bond donors (Lipinski definition) is 1. The number of carbonyl (C=O) groups excluding carboxylic acids is 1. The van der Waals surface area contributed by atoms with Crippen LogP contribution in [-0.4, -0.2) is 36.5 Å². The third kappa shape index (κ3) is 3.49. The Morgan fingerprint density at radius 1 is 1.17 bits per heavy atom. The van der Waals surface area contributed by atoms with Crippen LogP contribution in [0.1, 0.15) is 21.8 Å². The maximum Gasteiger partial charge on any atom is 0.253 e. The molecule has 2 N–H and O–H groups in total. The monoisotopic (exact) mass is 322 g/mol. The lowest BCUT2D eigenvalue weighted by atomic mass is 9.95. The molecule has 24 heavy (non-hydrogen) atoms. The van der Waals surface area contributed by atoms with Crippen LogP contribution in [0.25, 0.3) is 0 Å². The first-order valence-corrected chi connectivity index (χ1v) is 8.12. The van der Waals surface area contributed by atoms with Gasteiger partial charge in [0.1, 0.15) is 12.4 Å². The summed E-state index contributed by atoms with van der Waals surface area (Å²) >= 11 is 0. The summed E-state index contributed by atoms with van der Waals surface area (Å²) in [6.45, 7) is 5.29. The molecular formula is C20H22N2O2. The minimum absolute atomic E-state index is 0.0131. The molecule has 1 amide bonds. The summed E-state index contributed by atoms with van der Waals surface area (Å²) in [5.41, 5.74) is 8.12. The van der Waals surface area contributed by atoms with E-state index in [2.05, 4.69) is 18.7 Å². The molecule has 2 aromatic rings. The Morgan fingerprint density at radius 3 is 2.54 bits per heavy atom. The number of ether oxygens (including phenoxy) is 1. The Labute approximate surface area is 142 Å². The number of rotatable bonds is 5. The highest BCUT2D eigenvalue weighted by molar-refractivity contribution is 5.94. The van der Waals surface area contributed by atoms with Crippen LogP contribution in [0, 0.1) is 0 Å². The molecule has 1 saturated heterocycles. The van der Waals surface area contributed by atoms with Gasteiger partial charge < -0.3 is 15.4 Å². The van der Waals surface area contributed by atoms with Gasteiger partial charge in [0.2, 0.25) is 0 Å². The molecule has 2 aromatic carbocycles. The number of benzene rings is 2. The molecule has 0 bridgehead atoms. The second-order valence-corrected chi connectivity index (χ2v) is 6.02. The molecule has 1 fully saturated rings. The maximum absolute atomic E-state index is 12.7. The third-order valence-corrected chi connectivity index (χ3v) is 4.35. The Balaban J connectivity index is 1.68. The second-order valence-electron chi connectivity index (χ2n) is 6.02. The van der Waals surface area contributed by atoms with E-state index in [0.717, 1.165) is 5.75 Å². The molecule has 0 unspecified atom stereocenters. The molecule has 0 radical (unpaired) electrons. The predicted octanol–water partition coefficient (Wildman–Crippen LogP) is 2.82. The maximum atomic E-state index is 12.7. The number of carbonyl (C=O) groups is 1. The van der Waals surface area contributed by atoms with E-state index in [-0.39, 0.29) is 17.9 Å². The number of nitrogens with zero attached hydrogens (tertiary/aromatic N) is 1. The highest BCUT2D eigenvalue weighted by Crippen LogP contribution is 2.27. The molecule has 124 valence electrons. The van der Waals surface area contributed by atoms with Gasteiger partial charge in [0.25, 0.3) is 5.91 Å². The summed E-state index contributed by atoms with van der Waals surface area (Å²) in [5.74, 6) is 0.927. The van der Waals surface area contributed by atoms with Gasteiger partial charge in [0.05, 0.1) is 0 Å². The fourth-order valence-electron chi connectivity index (χ4n) is 3.08. The van der Waals surface area contributed by atoms with E-state index in [1.807, 2.05) is 23.1 Å². The van der Waals surface area contributed by atoms with Crippen molar-refractivity contribution in [2.45, 2.75) is 12.0 Å². The first-order valence-electron chi connectivity index (χ1n) is 8.12. The molecule has 1 heterocycles. The van der Waals surface area contributed by atoms with Gasteiger partial charge in [-0.15, -0.1) is 0 Å². The zero-order valence-electron chi connectivity index (χ0n) is 13.6. The number of likely N-dealkylation sites (tertiary alicyclic amines) is 1. The van der Waals surface area contributed by atoms with E-state index in [1.54, 1.807) is 30.3 Å². The largest absolute Gasteiger partial charge is 0.490 e.